The number of rotatable bonds is 10. The average molecular weight is 594 g/mol. The van der Waals surface area contributed by atoms with Gasteiger partial charge in [0.1, 0.15) is 41.6 Å². The van der Waals surface area contributed by atoms with E-state index in [0.29, 0.717) is 47.0 Å². The van der Waals surface area contributed by atoms with Crippen LogP contribution in [-0.4, -0.2) is 11.7 Å². The van der Waals surface area contributed by atoms with E-state index in [2.05, 4.69) is 0 Å². The summed E-state index contributed by atoms with van der Waals surface area (Å²) in [5.74, 6) is 3.15. The second-order valence-electron chi connectivity index (χ2n) is 9.76. The Kier molecular flexibility index (Phi) is 8.64. The van der Waals surface area contributed by atoms with E-state index >= 15 is 0 Å². The van der Waals surface area contributed by atoms with Crippen molar-refractivity contribution in [1.29, 1.82) is 0 Å². The van der Waals surface area contributed by atoms with Crippen molar-refractivity contribution in [2.45, 2.75) is 18.6 Å². The number of hydrogen-bond acceptors (Lipinski definition) is 5. The van der Waals surface area contributed by atoms with E-state index < -0.39 is 0 Å². The molecule has 0 aliphatic carbocycles. The Morgan fingerprint density at radius 2 is 1.19 bits per heavy atom. The van der Waals surface area contributed by atoms with Gasteiger partial charge in [0.2, 0.25) is 5.91 Å². The molecule has 0 aromatic heterocycles. The SMILES string of the molecule is O=C1CSC(c2cc(OCc3ccccc3)cc(OCc3ccccc3)c2)N1c1ccc(Oc2ccc(Cl)cc2)cc1. The number of anilines is 1. The number of amides is 1. The highest BCUT2D eigenvalue weighted by Crippen LogP contribution is 2.44. The maximum absolute atomic E-state index is 13.2. The number of ether oxygens (including phenoxy) is 3. The summed E-state index contributed by atoms with van der Waals surface area (Å²) in [6, 6.07) is 40.7. The average Bonchev–Trinajstić information content (AvgIpc) is 3.42. The molecule has 1 unspecified atom stereocenters. The van der Waals surface area contributed by atoms with E-state index in [1.54, 1.807) is 23.9 Å². The van der Waals surface area contributed by atoms with Crippen LogP contribution in [-0.2, 0) is 18.0 Å². The highest BCUT2D eigenvalue weighted by Gasteiger charge is 2.34. The van der Waals surface area contributed by atoms with Crippen molar-refractivity contribution in [2.24, 2.45) is 0 Å². The van der Waals surface area contributed by atoms with E-state index in [4.69, 9.17) is 25.8 Å². The number of carbonyl (C=O) groups is 1. The molecule has 0 spiro atoms. The van der Waals surface area contributed by atoms with Crippen molar-refractivity contribution >= 4 is 35.0 Å². The molecule has 0 saturated carbocycles. The third-order valence-electron chi connectivity index (χ3n) is 6.72. The zero-order chi connectivity index (χ0) is 28.7. The minimum absolute atomic E-state index is 0.0405. The fourth-order valence-electron chi connectivity index (χ4n) is 4.65. The van der Waals surface area contributed by atoms with Crippen LogP contribution in [0.2, 0.25) is 5.02 Å². The van der Waals surface area contributed by atoms with Crippen LogP contribution in [0, 0.1) is 0 Å². The first kappa shape index (κ1) is 27.8. The Morgan fingerprint density at radius 1 is 0.667 bits per heavy atom. The Labute approximate surface area is 254 Å². The number of carbonyl (C=O) groups excluding carboxylic acids is 1. The van der Waals surface area contributed by atoms with Crippen LogP contribution >= 0.6 is 23.4 Å². The summed E-state index contributed by atoms with van der Waals surface area (Å²) in [5.41, 5.74) is 3.87. The smallest absolute Gasteiger partial charge is 0.238 e. The molecule has 1 aliphatic rings. The lowest BCUT2D eigenvalue weighted by Gasteiger charge is -2.25. The topological polar surface area (TPSA) is 48.0 Å². The molecule has 5 aromatic carbocycles. The molecule has 1 saturated heterocycles. The summed E-state index contributed by atoms with van der Waals surface area (Å²) >= 11 is 7.57. The van der Waals surface area contributed by atoms with Crippen LogP contribution in [0.4, 0.5) is 5.69 Å². The number of thioether (sulfide) groups is 1. The van der Waals surface area contributed by atoms with Gasteiger partial charge in [0.25, 0.3) is 0 Å². The molecule has 5 nitrogen and oxygen atoms in total. The first-order valence-corrected chi connectivity index (χ1v) is 15.0. The summed E-state index contributed by atoms with van der Waals surface area (Å²) in [5, 5.41) is 0.414. The standard InChI is InChI=1S/C35H28ClNO4S/c36-28-11-15-30(16-12-28)41-31-17-13-29(14-18-31)37-34(38)24-42-35(37)27-19-32(39-22-25-7-3-1-4-8-25)21-33(20-27)40-23-26-9-5-2-6-10-26/h1-21,35H,22-24H2. The van der Waals surface area contributed by atoms with Crippen LogP contribution in [0.25, 0.3) is 0 Å². The van der Waals surface area contributed by atoms with Gasteiger partial charge < -0.3 is 14.2 Å². The second kappa shape index (κ2) is 13.1. The normalized spacial score (nSPS) is 14.5. The molecule has 1 fully saturated rings. The molecular formula is C35H28ClNO4S. The number of halogens is 1. The quantitative estimate of drug-likeness (QED) is 0.162. The Hall–Kier alpha value is -4.39. The minimum atomic E-state index is -0.236. The van der Waals surface area contributed by atoms with E-state index in [-0.39, 0.29) is 11.3 Å². The fourth-order valence-corrected chi connectivity index (χ4v) is 5.93. The molecule has 1 atom stereocenters. The van der Waals surface area contributed by atoms with Gasteiger partial charge in [-0.05, 0) is 77.4 Å². The summed E-state index contributed by atoms with van der Waals surface area (Å²) < 4.78 is 18.4. The highest BCUT2D eigenvalue weighted by molar-refractivity contribution is 8.00. The third kappa shape index (κ3) is 6.90. The van der Waals surface area contributed by atoms with Gasteiger partial charge in [-0.1, -0.05) is 72.3 Å². The highest BCUT2D eigenvalue weighted by atomic mass is 35.5. The minimum Gasteiger partial charge on any atom is -0.489 e. The molecule has 1 heterocycles. The van der Waals surface area contributed by atoms with Crippen LogP contribution < -0.4 is 19.1 Å². The van der Waals surface area contributed by atoms with Crippen molar-refractivity contribution in [3.63, 3.8) is 0 Å². The molecule has 6 rings (SSSR count). The fraction of sp³-hybridized carbons (Fsp3) is 0.114. The van der Waals surface area contributed by atoms with Crippen LogP contribution in [0.3, 0.4) is 0 Å². The zero-order valence-electron chi connectivity index (χ0n) is 22.7. The number of benzene rings is 5. The van der Waals surface area contributed by atoms with E-state index in [1.165, 1.54) is 0 Å². The third-order valence-corrected chi connectivity index (χ3v) is 8.18. The van der Waals surface area contributed by atoms with E-state index in [1.807, 2.05) is 120 Å². The van der Waals surface area contributed by atoms with Gasteiger partial charge in [0, 0.05) is 16.8 Å². The molecule has 210 valence electrons. The molecule has 5 aromatic rings. The van der Waals surface area contributed by atoms with Crippen LogP contribution in [0.15, 0.2) is 127 Å². The maximum Gasteiger partial charge on any atom is 0.238 e. The monoisotopic (exact) mass is 593 g/mol. The molecule has 42 heavy (non-hydrogen) atoms. The molecule has 7 heteroatoms. The van der Waals surface area contributed by atoms with Gasteiger partial charge in [-0.25, -0.2) is 0 Å². The van der Waals surface area contributed by atoms with Gasteiger partial charge in [-0.2, -0.15) is 0 Å². The number of hydrogen-bond donors (Lipinski definition) is 0. The predicted molar refractivity (Wildman–Crippen MR) is 169 cm³/mol. The molecule has 0 radical (unpaired) electrons. The molecule has 1 amide bonds. The van der Waals surface area contributed by atoms with Crippen molar-refractivity contribution in [3.05, 3.63) is 149 Å². The first-order valence-electron chi connectivity index (χ1n) is 13.6. The van der Waals surface area contributed by atoms with Crippen molar-refractivity contribution < 1.29 is 19.0 Å². The van der Waals surface area contributed by atoms with Crippen molar-refractivity contribution in [1.82, 2.24) is 0 Å². The second-order valence-corrected chi connectivity index (χ2v) is 11.3. The molecule has 1 aliphatic heterocycles. The lowest BCUT2D eigenvalue weighted by molar-refractivity contribution is -0.115. The van der Waals surface area contributed by atoms with Crippen LogP contribution in [0.5, 0.6) is 23.0 Å². The largest absolute Gasteiger partial charge is 0.489 e. The van der Waals surface area contributed by atoms with Crippen LogP contribution in [0.1, 0.15) is 22.1 Å². The van der Waals surface area contributed by atoms with E-state index in [9.17, 15) is 4.79 Å². The molecular weight excluding hydrogens is 566 g/mol. The Morgan fingerprint density at radius 3 is 1.74 bits per heavy atom. The molecule has 0 N–H and O–H groups in total. The van der Waals surface area contributed by atoms with Gasteiger partial charge in [0.15, 0.2) is 0 Å². The maximum atomic E-state index is 13.2. The summed E-state index contributed by atoms with van der Waals surface area (Å²) in [6.07, 6.45) is 0. The molecule has 0 bridgehead atoms. The Bertz CT molecular complexity index is 1570. The van der Waals surface area contributed by atoms with Gasteiger partial charge >= 0.3 is 0 Å². The summed E-state index contributed by atoms with van der Waals surface area (Å²) in [7, 11) is 0. The number of nitrogens with zero attached hydrogens (tertiary/aromatic N) is 1. The van der Waals surface area contributed by atoms with Crippen molar-refractivity contribution in [3.8, 4) is 23.0 Å². The van der Waals surface area contributed by atoms with Crippen molar-refractivity contribution in [2.75, 3.05) is 10.7 Å². The zero-order valence-corrected chi connectivity index (χ0v) is 24.3. The summed E-state index contributed by atoms with van der Waals surface area (Å²) in [4.78, 5) is 15.0. The lowest BCUT2D eigenvalue weighted by Crippen LogP contribution is -2.27. The van der Waals surface area contributed by atoms with Gasteiger partial charge in [-0.3, -0.25) is 9.69 Å². The lowest BCUT2D eigenvalue weighted by atomic mass is 10.1. The van der Waals surface area contributed by atoms with Gasteiger partial charge in [-0.15, -0.1) is 11.8 Å². The van der Waals surface area contributed by atoms with Gasteiger partial charge in [0.05, 0.1) is 5.75 Å². The summed E-state index contributed by atoms with van der Waals surface area (Å²) in [6.45, 7) is 0.857. The predicted octanol–water partition coefficient (Wildman–Crippen LogP) is 9.07. The Balaban J connectivity index is 1.25. The first-order chi connectivity index (χ1) is 20.6. The van der Waals surface area contributed by atoms with E-state index in [0.717, 1.165) is 22.4 Å².